The van der Waals surface area contributed by atoms with E-state index in [4.69, 9.17) is 0 Å². The molecule has 1 heterocycles. The third kappa shape index (κ3) is 3.74. The summed E-state index contributed by atoms with van der Waals surface area (Å²) in [7, 11) is 0. The first-order valence-electron chi connectivity index (χ1n) is 7.54. The zero-order valence-corrected chi connectivity index (χ0v) is 14.0. The topological polar surface area (TPSA) is 35.5 Å². The lowest BCUT2D eigenvalue weighted by atomic mass is 10.0. The number of hydrogen-bond acceptors (Lipinski definition) is 3. The summed E-state index contributed by atoms with van der Waals surface area (Å²) in [6.45, 7) is 7.75. The highest BCUT2D eigenvalue weighted by Gasteiger charge is 2.24. The quantitative estimate of drug-likeness (QED) is 0.833. The fourth-order valence-electron chi connectivity index (χ4n) is 2.83. The van der Waals surface area contributed by atoms with E-state index in [0.717, 1.165) is 36.9 Å². The zero-order valence-electron chi connectivity index (χ0n) is 12.4. The molecule has 0 aromatic heterocycles. The molecule has 2 rings (SSSR count). The number of nitrogens with zero attached hydrogens (tertiary/aromatic N) is 1. The summed E-state index contributed by atoms with van der Waals surface area (Å²) < 4.78 is 1.12. The molecule has 0 amide bonds. The molecule has 0 radical (unpaired) electrons. The molecule has 0 saturated carbocycles. The summed E-state index contributed by atoms with van der Waals surface area (Å²) in [6.07, 6.45) is 2.23. The maximum Gasteiger partial charge on any atom is 0.0476 e. The minimum atomic E-state index is 0.298. The van der Waals surface area contributed by atoms with Crippen LogP contribution in [0, 0.1) is 5.92 Å². The predicted octanol–water partition coefficient (Wildman–Crippen LogP) is 3.33. The number of aliphatic hydroxyl groups is 1. The average molecular weight is 341 g/mol. The van der Waals surface area contributed by atoms with Crippen LogP contribution >= 0.6 is 15.9 Å². The molecule has 1 saturated heterocycles. The van der Waals surface area contributed by atoms with Crippen molar-refractivity contribution in [1.82, 2.24) is 5.32 Å². The molecule has 2 N–H and O–H groups in total. The van der Waals surface area contributed by atoms with Crippen molar-refractivity contribution in [3.8, 4) is 0 Å². The SMILES string of the molecule is CCCNC(C)c1cc(Br)ccc1N1CCC(CO)C1. The van der Waals surface area contributed by atoms with E-state index in [9.17, 15) is 5.11 Å². The van der Waals surface area contributed by atoms with Gasteiger partial charge in [0.25, 0.3) is 0 Å². The molecule has 3 nitrogen and oxygen atoms in total. The molecule has 0 spiro atoms. The van der Waals surface area contributed by atoms with Crippen molar-refractivity contribution in [2.75, 3.05) is 31.1 Å². The van der Waals surface area contributed by atoms with Crippen molar-refractivity contribution in [2.24, 2.45) is 5.92 Å². The third-order valence-corrected chi connectivity index (χ3v) is 4.53. The first kappa shape index (κ1) is 15.8. The van der Waals surface area contributed by atoms with Gasteiger partial charge in [0.15, 0.2) is 0 Å². The third-order valence-electron chi connectivity index (χ3n) is 4.04. The lowest BCUT2D eigenvalue weighted by molar-refractivity contribution is 0.238. The Kier molecular flexibility index (Phi) is 5.87. The van der Waals surface area contributed by atoms with E-state index >= 15 is 0 Å². The van der Waals surface area contributed by atoms with E-state index in [0.29, 0.717) is 18.6 Å². The Morgan fingerprint density at radius 1 is 1.50 bits per heavy atom. The van der Waals surface area contributed by atoms with Gasteiger partial charge in [-0.2, -0.15) is 0 Å². The maximum absolute atomic E-state index is 9.32. The average Bonchev–Trinajstić information content (AvgIpc) is 2.93. The van der Waals surface area contributed by atoms with Crippen LogP contribution in [-0.4, -0.2) is 31.3 Å². The van der Waals surface area contributed by atoms with E-state index in [1.165, 1.54) is 11.3 Å². The van der Waals surface area contributed by atoms with Gasteiger partial charge < -0.3 is 15.3 Å². The van der Waals surface area contributed by atoms with Gasteiger partial charge in [0.1, 0.15) is 0 Å². The van der Waals surface area contributed by atoms with Crippen LogP contribution in [0.25, 0.3) is 0 Å². The van der Waals surface area contributed by atoms with Gasteiger partial charge >= 0.3 is 0 Å². The summed E-state index contributed by atoms with van der Waals surface area (Å²) in [5.74, 6) is 0.422. The largest absolute Gasteiger partial charge is 0.396 e. The molecule has 112 valence electrons. The van der Waals surface area contributed by atoms with Crippen molar-refractivity contribution in [3.05, 3.63) is 28.2 Å². The second kappa shape index (κ2) is 7.43. The predicted molar refractivity (Wildman–Crippen MR) is 88.3 cm³/mol. The number of nitrogens with one attached hydrogen (secondary N) is 1. The standard InChI is InChI=1S/C16H25BrN2O/c1-3-7-18-12(2)15-9-14(17)4-5-16(15)19-8-6-13(10-19)11-20/h4-5,9,12-13,18,20H,3,6-8,10-11H2,1-2H3. The van der Waals surface area contributed by atoms with E-state index < -0.39 is 0 Å². The first-order chi connectivity index (χ1) is 9.65. The summed E-state index contributed by atoms with van der Waals surface area (Å²) >= 11 is 3.58. The first-order valence-corrected chi connectivity index (χ1v) is 8.33. The van der Waals surface area contributed by atoms with E-state index in [1.54, 1.807) is 0 Å². The number of halogens is 1. The molecule has 4 heteroatoms. The van der Waals surface area contributed by atoms with E-state index in [2.05, 4.69) is 58.2 Å². The number of hydrogen-bond donors (Lipinski definition) is 2. The van der Waals surface area contributed by atoms with Crippen LogP contribution in [-0.2, 0) is 0 Å². The molecule has 1 aromatic carbocycles. The van der Waals surface area contributed by atoms with Crippen molar-refractivity contribution in [2.45, 2.75) is 32.7 Å². The van der Waals surface area contributed by atoms with Gasteiger partial charge in [-0.15, -0.1) is 0 Å². The van der Waals surface area contributed by atoms with Gasteiger partial charge in [0.05, 0.1) is 0 Å². The summed E-state index contributed by atoms with van der Waals surface area (Å²) in [5, 5.41) is 12.9. The van der Waals surface area contributed by atoms with Gasteiger partial charge in [-0.05, 0) is 50.1 Å². The smallest absolute Gasteiger partial charge is 0.0476 e. The van der Waals surface area contributed by atoms with Crippen LogP contribution < -0.4 is 10.2 Å². The van der Waals surface area contributed by atoms with Gasteiger partial charge in [0, 0.05) is 41.8 Å². The Bertz CT molecular complexity index is 438. The van der Waals surface area contributed by atoms with Gasteiger partial charge in [-0.3, -0.25) is 0 Å². The van der Waals surface area contributed by atoms with Gasteiger partial charge in [-0.1, -0.05) is 22.9 Å². The Morgan fingerprint density at radius 2 is 2.30 bits per heavy atom. The minimum absolute atomic E-state index is 0.298. The molecule has 20 heavy (non-hydrogen) atoms. The Hall–Kier alpha value is -0.580. The van der Waals surface area contributed by atoms with Crippen LogP contribution in [0.5, 0.6) is 0 Å². The van der Waals surface area contributed by atoms with Crippen LogP contribution in [0.3, 0.4) is 0 Å². The maximum atomic E-state index is 9.32. The van der Waals surface area contributed by atoms with Crippen LogP contribution in [0.1, 0.15) is 38.3 Å². The molecule has 2 unspecified atom stereocenters. The second-order valence-electron chi connectivity index (χ2n) is 5.66. The summed E-state index contributed by atoms with van der Waals surface area (Å²) in [5.41, 5.74) is 2.65. The Labute approximate surface area is 130 Å². The van der Waals surface area contributed by atoms with Gasteiger partial charge in [0.2, 0.25) is 0 Å². The molecule has 1 fully saturated rings. The minimum Gasteiger partial charge on any atom is -0.396 e. The number of aliphatic hydroxyl groups excluding tert-OH is 1. The highest BCUT2D eigenvalue weighted by Crippen LogP contribution is 2.32. The normalized spacial score (nSPS) is 20.4. The lowest BCUT2D eigenvalue weighted by Gasteiger charge is -2.26. The molecule has 0 aliphatic carbocycles. The molecule has 1 aromatic rings. The van der Waals surface area contributed by atoms with Crippen molar-refractivity contribution in [1.29, 1.82) is 0 Å². The molecule has 0 bridgehead atoms. The van der Waals surface area contributed by atoms with Crippen molar-refractivity contribution >= 4 is 21.6 Å². The fraction of sp³-hybridized carbons (Fsp3) is 0.625. The van der Waals surface area contributed by atoms with Crippen LogP contribution in [0.4, 0.5) is 5.69 Å². The molecule has 1 aliphatic heterocycles. The van der Waals surface area contributed by atoms with Crippen LogP contribution in [0.2, 0.25) is 0 Å². The van der Waals surface area contributed by atoms with Gasteiger partial charge in [-0.25, -0.2) is 0 Å². The molecular formula is C16H25BrN2O. The highest BCUT2D eigenvalue weighted by molar-refractivity contribution is 9.10. The van der Waals surface area contributed by atoms with E-state index in [-0.39, 0.29) is 0 Å². The molecule has 2 atom stereocenters. The molecule has 1 aliphatic rings. The summed E-state index contributed by atoms with van der Waals surface area (Å²) in [4.78, 5) is 2.41. The van der Waals surface area contributed by atoms with Crippen molar-refractivity contribution in [3.63, 3.8) is 0 Å². The number of rotatable bonds is 6. The Balaban J connectivity index is 2.19. The number of benzene rings is 1. The highest BCUT2D eigenvalue weighted by atomic mass is 79.9. The Morgan fingerprint density at radius 3 is 2.95 bits per heavy atom. The second-order valence-corrected chi connectivity index (χ2v) is 6.58. The van der Waals surface area contributed by atoms with Crippen LogP contribution in [0.15, 0.2) is 22.7 Å². The monoisotopic (exact) mass is 340 g/mol. The van der Waals surface area contributed by atoms with Crippen molar-refractivity contribution < 1.29 is 5.11 Å². The fourth-order valence-corrected chi connectivity index (χ4v) is 3.21. The molecular weight excluding hydrogens is 316 g/mol. The zero-order chi connectivity index (χ0) is 14.5. The number of anilines is 1. The summed E-state index contributed by atoms with van der Waals surface area (Å²) in [6, 6.07) is 6.87. The van der Waals surface area contributed by atoms with E-state index in [1.807, 2.05) is 0 Å². The lowest BCUT2D eigenvalue weighted by Crippen LogP contribution is -2.25.